The maximum absolute atomic E-state index is 12.0. The third-order valence-electron chi connectivity index (χ3n) is 4.94. The number of rotatable bonds is 8. The van der Waals surface area contributed by atoms with Crippen molar-refractivity contribution >= 4 is 5.97 Å². The predicted octanol–water partition coefficient (Wildman–Crippen LogP) is 7.04. The van der Waals surface area contributed by atoms with Gasteiger partial charge in [-0.3, -0.25) is 0 Å². The fraction of sp³-hybridized carbons (Fsp3) is 0.560. The lowest BCUT2D eigenvalue weighted by Gasteiger charge is -2.34. The van der Waals surface area contributed by atoms with Crippen LogP contribution in [0.15, 0.2) is 35.4 Å². The summed E-state index contributed by atoms with van der Waals surface area (Å²) in [6.45, 7) is 16.8. The van der Waals surface area contributed by atoms with Gasteiger partial charge in [-0.05, 0) is 68.4 Å². The Morgan fingerprint density at radius 3 is 2.14 bits per heavy atom. The van der Waals surface area contributed by atoms with Crippen molar-refractivity contribution in [2.45, 2.75) is 86.5 Å². The summed E-state index contributed by atoms with van der Waals surface area (Å²) in [7, 11) is 0. The molecule has 0 aliphatic heterocycles. The highest BCUT2D eigenvalue weighted by Gasteiger charge is 2.32. The summed E-state index contributed by atoms with van der Waals surface area (Å²) in [5.41, 5.74) is 3.66. The lowest BCUT2D eigenvalue weighted by Crippen LogP contribution is -2.27. The van der Waals surface area contributed by atoms with Crippen LogP contribution < -0.4 is 0 Å². The van der Waals surface area contributed by atoms with E-state index in [1.807, 2.05) is 26.0 Å². The molecule has 28 heavy (non-hydrogen) atoms. The maximum atomic E-state index is 12.0. The number of carboxylic acids is 1. The van der Waals surface area contributed by atoms with E-state index in [1.165, 1.54) is 11.1 Å². The molecule has 3 nitrogen and oxygen atoms in total. The molecule has 156 valence electrons. The van der Waals surface area contributed by atoms with Gasteiger partial charge in [0.25, 0.3) is 0 Å². The number of hydrogen-bond donors (Lipinski definition) is 2. The summed E-state index contributed by atoms with van der Waals surface area (Å²) < 4.78 is 0. The summed E-state index contributed by atoms with van der Waals surface area (Å²) in [6.07, 6.45) is 7.61. The van der Waals surface area contributed by atoms with Gasteiger partial charge < -0.3 is 10.2 Å². The summed E-state index contributed by atoms with van der Waals surface area (Å²) in [5, 5.41) is 20.5. The van der Waals surface area contributed by atoms with E-state index < -0.39 is 5.97 Å². The van der Waals surface area contributed by atoms with Gasteiger partial charge >= 0.3 is 5.97 Å². The van der Waals surface area contributed by atoms with Gasteiger partial charge in [-0.25, -0.2) is 4.79 Å². The molecule has 0 heterocycles. The molecule has 1 rings (SSSR count). The first-order valence-corrected chi connectivity index (χ1v) is 10.1. The quantitative estimate of drug-likeness (QED) is 0.471. The first kappa shape index (κ1) is 24.0. The number of aromatic hydroxyl groups is 1. The van der Waals surface area contributed by atoms with Gasteiger partial charge in [0, 0.05) is 0 Å². The topological polar surface area (TPSA) is 57.5 Å². The molecule has 0 fully saturated rings. The number of phenols is 1. The summed E-state index contributed by atoms with van der Waals surface area (Å²) in [4.78, 5) is 12.0. The van der Waals surface area contributed by atoms with Crippen LogP contribution in [0.25, 0.3) is 0 Å². The molecule has 0 aliphatic rings. The molecule has 0 saturated carbocycles. The summed E-state index contributed by atoms with van der Waals surface area (Å²) in [5.74, 6) is -1.17. The average Bonchev–Trinajstić information content (AvgIpc) is 2.50. The zero-order valence-electron chi connectivity index (χ0n) is 18.9. The van der Waals surface area contributed by atoms with E-state index in [0.29, 0.717) is 17.5 Å². The van der Waals surface area contributed by atoms with Crippen molar-refractivity contribution < 1.29 is 15.0 Å². The van der Waals surface area contributed by atoms with Gasteiger partial charge in [-0.1, -0.05) is 70.0 Å². The normalized spacial score (nSPS) is 12.8. The Hall–Kier alpha value is -2.03. The Bertz CT molecular complexity index is 755. The highest BCUT2D eigenvalue weighted by Crippen LogP contribution is 2.41. The van der Waals surface area contributed by atoms with Crippen molar-refractivity contribution in [1.29, 1.82) is 0 Å². The van der Waals surface area contributed by atoms with E-state index in [2.05, 4.69) is 53.7 Å². The van der Waals surface area contributed by atoms with E-state index in [4.69, 9.17) is 0 Å². The predicted molar refractivity (Wildman–Crippen MR) is 118 cm³/mol. The second-order valence-electron chi connectivity index (χ2n) is 10.00. The van der Waals surface area contributed by atoms with Crippen LogP contribution in [-0.2, 0) is 11.8 Å². The molecule has 0 aliphatic carbocycles. The zero-order chi connectivity index (χ0) is 21.7. The molecule has 1 aromatic carbocycles. The van der Waals surface area contributed by atoms with Crippen molar-refractivity contribution in [3.05, 3.63) is 52.1 Å². The zero-order valence-corrected chi connectivity index (χ0v) is 18.9. The van der Waals surface area contributed by atoms with Crippen LogP contribution in [0.5, 0.6) is 5.75 Å². The molecule has 0 bridgehead atoms. The SMILES string of the molecule is CC(C)=CCC/C(C)=C/Cc1ccc(C(C)(C)CC(C)(C)C)c(C(=O)O)c1O. The van der Waals surface area contributed by atoms with Crippen molar-refractivity contribution in [3.63, 3.8) is 0 Å². The Kier molecular flexibility index (Phi) is 8.10. The molecular formula is C25H38O3. The van der Waals surface area contributed by atoms with Crippen LogP contribution in [0.2, 0.25) is 0 Å². The first-order valence-electron chi connectivity index (χ1n) is 10.1. The van der Waals surface area contributed by atoms with Gasteiger partial charge in [0.1, 0.15) is 11.3 Å². The molecule has 1 aromatic rings. The Morgan fingerprint density at radius 1 is 1.04 bits per heavy atom. The molecule has 0 saturated heterocycles. The Labute approximate surface area is 171 Å². The van der Waals surface area contributed by atoms with Crippen LogP contribution in [0, 0.1) is 5.41 Å². The van der Waals surface area contributed by atoms with E-state index in [-0.39, 0.29) is 22.1 Å². The standard InChI is InChI=1S/C25H38O3/c1-17(2)10-9-11-18(3)12-13-19-14-15-20(21(22(19)26)23(27)28)25(7,8)16-24(4,5)6/h10,12,14-15,26H,9,11,13,16H2,1-8H3,(H,27,28)/b18-12+. The minimum atomic E-state index is -1.07. The molecule has 3 heteroatoms. The first-order chi connectivity index (χ1) is 12.7. The number of benzene rings is 1. The highest BCUT2D eigenvalue weighted by molar-refractivity contribution is 5.93. The molecule has 0 spiro atoms. The van der Waals surface area contributed by atoms with E-state index in [0.717, 1.165) is 19.3 Å². The third kappa shape index (κ3) is 7.18. The second kappa shape index (κ2) is 9.45. The van der Waals surface area contributed by atoms with Gasteiger partial charge in [0.2, 0.25) is 0 Å². The Balaban J connectivity index is 3.18. The fourth-order valence-electron chi connectivity index (χ4n) is 3.98. The molecule has 0 radical (unpaired) electrons. The largest absolute Gasteiger partial charge is 0.507 e. The lowest BCUT2D eigenvalue weighted by atomic mass is 9.70. The van der Waals surface area contributed by atoms with Crippen LogP contribution >= 0.6 is 0 Å². The van der Waals surface area contributed by atoms with Crippen LogP contribution in [0.3, 0.4) is 0 Å². The van der Waals surface area contributed by atoms with E-state index in [1.54, 1.807) is 0 Å². The number of aromatic carboxylic acids is 1. The molecule has 2 N–H and O–H groups in total. The van der Waals surface area contributed by atoms with Crippen LogP contribution in [0.4, 0.5) is 0 Å². The van der Waals surface area contributed by atoms with Crippen molar-refractivity contribution in [2.75, 3.05) is 0 Å². The maximum Gasteiger partial charge on any atom is 0.339 e. The van der Waals surface area contributed by atoms with E-state index in [9.17, 15) is 15.0 Å². The lowest BCUT2D eigenvalue weighted by molar-refractivity contribution is 0.0689. The van der Waals surface area contributed by atoms with Gasteiger partial charge in [-0.2, -0.15) is 0 Å². The number of hydrogen-bond acceptors (Lipinski definition) is 2. The number of carboxylic acid groups (broad SMARTS) is 1. The van der Waals surface area contributed by atoms with E-state index >= 15 is 0 Å². The summed E-state index contributed by atoms with van der Waals surface area (Å²) >= 11 is 0. The van der Waals surface area contributed by atoms with Crippen molar-refractivity contribution in [3.8, 4) is 5.75 Å². The van der Waals surface area contributed by atoms with Gasteiger partial charge in [0.05, 0.1) is 0 Å². The van der Waals surface area contributed by atoms with Crippen molar-refractivity contribution in [1.82, 2.24) is 0 Å². The molecule has 0 amide bonds. The highest BCUT2D eigenvalue weighted by atomic mass is 16.4. The molecule has 0 unspecified atom stereocenters. The minimum absolute atomic E-state index is 0.0438. The van der Waals surface area contributed by atoms with Gasteiger partial charge in [0.15, 0.2) is 0 Å². The van der Waals surface area contributed by atoms with Gasteiger partial charge in [-0.15, -0.1) is 0 Å². The second-order valence-corrected chi connectivity index (χ2v) is 10.00. The Morgan fingerprint density at radius 2 is 1.64 bits per heavy atom. The molecule has 0 aromatic heterocycles. The summed E-state index contributed by atoms with van der Waals surface area (Å²) in [6, 6.07) is 3.76. The fourth-order valence-corrected chi connectivity index (χ4v) is 3.98. The molecule has 0 atom stereocenters. The minimum Gasteiger partial charge on any atom is -0.507 e. The monoisotopic (exact) mass is 386 g/mol. The average molecular weight is 387 g/mol. The molecular weight excluding hydrogens is 348 g/mol. The number of carbonyl (C=O) groups is 1. The van der Waals surface area contributed by atoms with Crippen molar-refractivity contribution in [2.24, 2.45) is 5.41 Å². The smallest absolute Gasteiger partial charge is 0.339 e. The third-order valence-corrected chi connectivity index (χ3v) is 4.94. The number of allylic oxidation sites excluding steroid dienone is 4. The van der Waals surface area contributed by atoms with Crippen LogP contribution in [-0.4, -0.2) is 16.2 Å². The van der Waals surface area contributed by atoms with Crippen LogP contribution in [0.1, 0.15) is 96.1 Å².